The summed E-state index contributed by atoms with van der Waals surface area (Å²) in [6.45, 7) is 8.04. The van der Waals surface area contributed by atoms with E-state index in [0.29, 0.717) is 25.4 Å². The first-order valence-corrected chi connectivity index (χ1v) is 5.65. The maximum atomic E-state index is 12.0. The largest absolute Gasteiger partial charge is 0.465 e. The van der Waals surface area contributed by atoms with Crippen molar-refractivity contribution in [2.45, 2.75) is 40.5 Å². The van der Waals surface area contributed by atoms with Crippen LogP contribution in [0.15, 0.2) is 0 Å². The van der Waals surface area contributed by atoms with Crippen LogP contribution in [-0.4, -0.2) is 18.4 Å². The molecule has 1 saturated carbocycles. The number of esters is 1. The van der Waals surface area contributed by atoms with Gasteiger partial charge in [-0.05, 0) is 25.2 Å². The van der Waals surface area contributed by atoms with Crippen molar-refractivity contribution in [1.82, 2.24) is 0 Å². The number of hydrogen-bond donors (Lipinski definition) is 0. The summed E-state index contributed by atoms with van der Waals surface area (Å²) in [5.41, 5.74) is -0.791. The van der Waals surface area contributed by atoms with Crippen molar-refractivity contribution in [3.8, 4) is 0 Å². The highest BCUT2D eigenvalue weighted by molar-refractivity contribution is 6.07. The van der Waals surface area contributed by atoms with Gasteiger partial charge in [0.25, 0.3) is 0 Å². The number of rotatable bonds is 5. The molecular formula is C12H20O3. The summed E-state index contributed by atoms with van der Waals surface area (Å²) in [7, 11) is 0. The molecule has 0 bridgehead atoms. The second kappa shape index (κ2) is 4.33. The Bertz CT molecular complexity index is 270. The SMILES string of the molecule is CCOC(=O)C1(C(=O)CC(C)C)CC1C. The summed E-state index contributed by atoms with van der Waals surface area (Å²) in [5.74, 6) is 0.200. The topological polar surface area (TPSA) is 43.4 Å². The molecule has 0 spiro atoms. The van der Waals surface area contributed by atoms with Gasteiger partial charge in [0.15, 0.2) is 5.78 Å². The summed E-state index contributed by atoms with van der Waals surface area (Å²) in [6.07, 6.45) is 1.14. The highest BCUT2D eigenvalue weighted by Crippen LogP contribution is 2.54. The van der Waals surface area contributed by atoms with Crippen LogP contribution < -0.4 is 0 Å². The average molecular weight is 212 g/mol. The Morgan fingerprint density at radius 1 is 1.47 bits per heavy atom. The predicted molar refractivity (Wildman–Crippen MR) is 57.3 cm³/mol. The molecule has 2 atom stereocenters. The van der Waals surface area contributed by atoms with Gasteiger partial charge in [-0.1, -0.05) is 20.8 Å². The summed E-state index contributed by atoms with van der Waals surface area (Å²) in [4.78, 5) is 23.7. The lowest BCUT2D eigenvalue weighted by atomic mass is 9.91. The minimum absolute atomic E-state index is 0.0588. The summed E-state index contributed by atoms with van der Waals surface area (Å²) < 4.78 is 4.98. The Hall–Kier alpha value is -0.860. The van der Waals surface area contributed by atoms with Crippen LogP contribution in [0.3, 0.4) is 0 Å². The Morgan fingerprint density at radius 2 is 2.00 bits per heavy atom. The third-order valence-electron chi connectivity index (χ3n) is 3.04. The van der Waals surface area contributed by atoms with E-state index in [9.17, 15) is 9.59 Å². The zero-order chi connectivity index (χ0) is 11.6. The fraction of sp³-hybridized carbons (Fsp3) is 0.833. The molecular weight excluding hydrogens is 192 g/mol. The van der Waals surface area contributed by atoms with E-state index in [2.05, 4.69) is 0 Å². The summed E-state index contributed by atoms with van der Waals surface area (Å²) in [5, 5.41) is 0. The van der Waals surface area contributed by atoms with Gasteiger partial charge in [-0.3, -0.25) is 9.59 Å². The number of carbonyl (C=O) groups is 2. The van der Waals surface area contributed by atoms with E-state index in [1.165, 1.54) is 0 Å². The molecule has 1 fully saturated rings. The predicted octanol–water partition coefficient (Wildman–Crippen LogP) is 2.19. The molecule has 3 heteroatoms. The van der Waals surface area contributed by atoms with Crippen LogP contribution in [0.1, 0.15) is 40.5 Å². The van der Waals surface area contributed by atoms with Gasteiger partial charge in [-0.2, -0.15) is 0 Å². The van der Waals surface area contributed by atoms with Gasteiger partial charge >= 0.3 is 5.97 Å². The van der Waals surface area contributed by atoms with Crippen LogP contribution in [0, 0.1) is 17.3 Å². The van der Waals surface area contributed by atoms with Gasteiger partial charge in [0.2, 0.25) is 0 Å². The first-order valence-electron chi connectivity index (χ1n) is 5.65. The molecule has 2 unspecified atom stereocenters. The van der Waals surface area contributed by atoms with Gasteiger partial charge in [0.05, 0.1) is 6.61 Å². The van der Waals surface area contributed by atoms with Crippen LogP contribution >= 0.6 is 0 Å². The Labute approximate surface area is 91.2 Å². The average Bonchev–Trinajstić information content (AvgIpc) is 2.78. The zero-order valence-corrected chi connectivity index (χ0v) is 10.0. The van der Waals surface area contributed by atoms with Gasteiger partial charge in [-0.25, -0.2) is 0 Å². The lowest BCUT2D eigenvalue weighted by molar-refractivity contribution is -0.154. The van der Waals surface area contributed by atoms with Crippen molar-refractivity contribution >= 4 is 11.8 Å². The van der Waals surface area contributed by atoms with Crippen LogP contribution in [0.25, 0.3) is 0 Å². The molecule has 86 valence electrons. The zero-order valence-electron chi connectivity index (χ0n) is 10.0. The highest BCUT2D eigenvalue weighted by Gasteiger charge is 2.63. The molecule has 0 saturated heterocycles. The lowest BCUT2D eigenvalue weighted by Gasteiger charge is -2.15. The summed E-state index contributed by atoms with van der Waals surface area (Å²) >= 11 is 0. The van der Waals surface area contributed by atoms with Gasteiger partial charge < -0.3 is 4.74 Å². The van der Waals surface area contributed by atoms with Crippen LogP contribution in [0.4, 0.5) is 0 Å². The Kier molecular flexibility index (Phi) is 3.53. The molecule has 0 amide bonds. The molecule has 1 rings (SSSR count). The first kappa shape index (κ1) is 12.2. The third-order valence-corrected chi connectivity index (χ3v) is 3.04. The fourth-order valence-corrected chi connectivity index (χ4v) is 2.02. The molecule has 0 aromatic rings. The van der Waals surface area contributed by atoms with Crippen molar-refractivity contribution < 1.29 is 14.3 Å². The van der Waals surface area contributed by atoms with Crippen molar-refractivity contribution in [1.29, 1.82) is 0 Å². The molecule has 15 heavy (non-hydrogen) atoms. The third kappa shape index (κ3) is 2.21. The minimum Gasteiger partial charge on any atom is -0.465 e. The number of carbonyl (C=O) groups excluding carboxylic acids is 2. The van der Waals surface area contributed by atoms with E-state index in [4.69, 9.17) is 4.74 Å². The van der Waals surface area contributed by atoms with Gasteiger partial charge in [0.1, 0.15) is 5.41 Å². The van der Waals surface area contributed by atoms with Crippen LogP contribution in [-0.2, 0) is 14.3 Å². The molecule has 1 aliphatic rings. The van der Waals surface area contributed by atoms with Gasteiger partial charge in [0, 0.05) is 6.42 Å². The monoisotopic (exact) mass is 212 g/mol. The maximum absolute atomic E-state index is 12.0. The van der Waals surface area contributed by atoms with E-state index < -0.39 is 5.41 Å². The van der Waals surface area contributed by atoms with Crippen molar-refractivity contribution in [2.24, 2.45) is 17.3 Å². The second-order valence-electron chi connectivity index (χ2n) is 4.82. The number of hydrogen-bond acceptors (Lipinski definition) is 3. The highest BCUT2D eigenvalue weighted by atomic mass is 16.5. The lowest BCUT2D eigenvalue weighted by Crippen LogP contribution is -2.30. The number of ether oxygens (including phenoxy) is 1. The molecule has 0 radical (unpaired) electrons. The molecule has 0 aliphatic heterocycles. The van der Waals surface area contributed by atoms with E-state index in [0.717, 1.165) is 0 Å². The van der Waals surface area contributed by atoms with Gasteiger partial charge in [-0.15, -0.1) is 0 Å². The summed E-state index contributed by atoms with van der Waals surface area (Å²) in [6, 6.07) is 0. The van der Waals surface area contributed by atoms with E-state index in [1.54, 1.807) is 6.92 Å². The molecule has 1 aliphatic carbocycles. The van der Waals surface area contributed by atoms with Crippen LogP contribution in [0.5, 0.6) is 0 Å². The quantitative estimate of drug-likeness (QED) is 0.518. The molecule has 0 N–H and O–H groups in total. The van der Waals surface area contributed by atoms with E-state index >= 15 is 0 Å². The van der Waals surface area contributed by atoms with Crippen molar-refractivity contribution in [3.05, 3.63) is 0 Å². The van der Waals surface area contributed by atoms with Crippen molar-refractivity contribution in [3.63, 3.8) is 0 Å². The molecule has 3 nitrogen and oxygen atoms in total. The normalized spacial score (nSPS) is 29.0. The first-order chi connectivity index (χ1) is 6.95. The second-order valence-corrected chi connectivity index (χ2v) is 4.82. The molecule has 0 aromatic heterocycles. The molecule has 0 aromatic carbocycles. The maximum Gasteiger partial charge on any atom is 0.319 e. The number of Topliss-reactive ketones (excluding diaryl/α,β-unsaturated/α-hetero) is 1. The Balaban J connectivity index is 2.70. The smallest absolute Gasteiger partial charge is 0.319 e. The minimum atomic E-state index is -0.791. The molecule has 0 heterocycles. The Morgan fingerprint density at radius 3 is 2.33 bits per heavy atom. The van der Waals surface area contributed by atoms with Crippen LogP contribution in [0.2, 0.25) is 0 Å². The van der Waals surface area contributed by atoms with E-state index in [1.807, 2.05) is 20.8 Å². The van der Waals surface area contributed by atoms with E-state index in [-0.39, 0.29) is 17.7 Å². The standard InChI is InChI=1S/C12H20O3/c1-5-15-11(14)12(7-9(12)4)10(13)6-8(2)3/h8-9H,5-7H2,1-4H3. The van der Waals surface area contributed by atoms with Crippen molar-refractivity contribution in [2.75, 3.05) is 6.61 Å². The number of ketones is 1. The fourth-order valence-electron chi connectivity index (χ4n) is 2.02.